The lowest BCUT2D eigenvalue weighted by Crippen LogP contribution is -2.35. The first kappa shape index (κ1) is 13.7. The standard InChI is InChI=1S/C12H9N5O5/c18-16(19)9-2-1-7(5-10(9)17(20)21)22-12-8-3-4-13-11(8)14-6-15-12/h1-6,8,11,13H. The minimum Gasteiger partial charge on any atom is -0.442 e. The first-order chi connectivity index (χ1) is 10.6. The number of benzene rings is 1. The Kier molecular flexibility index (Phi) is 3.26. The molecule has 0 saturated carbocycles. The van der Waals surface area contributed by atoms with E-state index in [1.807, 2.05) is 0 Å². The molecule has 22 heavy (non-hydrogen) atoms. The van der Waals surface area contributed by atoms with Gasteiger partial charge in [-0.05, 0) is 12.3 Å². The molecule has 2 heterocycles. The van der Waals surface area contributed by atoms with Crippen LogP contribution in [0.2, 0.25) is 0 Å². The Morgan fingerprint density at radius 3 is 2.68 bits per heavy atom. The maximum absolute atomic E-state index is 10.9. The number of rotatable bonds is 3. The van der Waals surface area contributed by atoms with Gasteiger partial charge in [-0.25, -0.2) is 9.98 Å². The van der Waals surface area contributed by atoms with Crippen LogP contribution < -0.4 is 10.1 Å². The lowest BCUT2D eigenvalue weighted by Gasteiger charge is -2.20. The number of aliphatic imine (C=N–C) groups is 2. The number of nitro benzene ring substituents is 2. The summed E-state index contributed by atoms with van der Waals surface area (Å²) >= 11 is 0. The van der Waals surface area contributed by atoms with Crippen LogP contribution in [0.4, 0.5) is 11.4 Å². The van der Waals surface area contributed by atoms with E-state index < -0.39 is 21.2 Å². The quantitative estimate of drug-likeness (QED) is 0.662. The monoisotopic (exact) mass is 303 g/mol. The molecule has 0 saturated heterocycles. The lowest BCUT2D eigenvalue weighted by molar-refractivity contribution is -0.422. The Hall–Kier alpha value is -3.30. The molecule has 2 aliphatic heterocycles. The molecule has 0 bridgehead atoms. The fraction of sp³-hybridized carbons (Fsp3) is 0.167. The molecule has 0 radical (unpaired) electrons. The van der Waals surface area contributed by atoms with Crippen LogP contribution in [0.3, 0.4) is 0 Å². The minimum atomic E-state index is -0.824. The Morgan fingerprint density at radius 1 is 1.18 bits per heavy atom. The van der Waals surface area contributed by atoms with Gasteiger partial charge in [0, 0.05) is 6.07 Å². The van der Waals surface area contributed by atoms with Gasteiger partial charge in [-0.1, -0.05) is 6.08 Å². The third kappa shape index (κ3) is 2.37. The molecular weight excluding hydrogens is 294 g/mol. The van der Waals surface area contributed by atoms with Crippen molar-refractivity contribution in [2.24, 2.45) is 15.9 Å². The third-order valence-electron chi connectivity index (χ3n) is 3.17. The maximum Gasteiger partial charge on any atom is 0.349 e. The molecule has 3 rings (SSSR count). The predicted molar refractivity (Wildman–Crippen MR) is 75.9 cm³/mol. The van der Waals surface area contributed by atoms with Gasteiger partial charge in [0.05, 0.1) is 21.8 Å². The van der Waals surface area contributed by atoms with E-state index in [-0.39, 0.29) is 17.8 Å². The number of hydrogen-bond donors (Lipinski definition) is 1. The molecule has 1 aromatic rings. The topological polar surface area (TPSA) is 132 Å². The predicted octanol–water partition coefficient (Wildman–Crippen LogP) is 1.38. The minimum absolute atomic E-state index is 0.102. The van der Waals surface area contributed by atoms with Crippen LogP contribution >= 0.6 is 0 Å². The average molecular weight is 303 g/mol. The number of nitrogens with zero attached hydrogens (tertiary/aromatic N) is 4. The molecular formula is C12H9N5O5. The van der Waals surface area contributed by atoms with E-state index in [4.69, 9.17) is 4.74 Å². The summed E-state index contributed by atoms with van der Waals surface area (Å²) in [6, 6.07) is 3.33. The van der Waals surface area contributed by atoms with Crippen LogP contribution in [0.5, 0.6) is 5.75 Å². The average Bonchev–Trinajstić information content (AvgIpc) is 2.96. The van der Waals surface area contributed by atoms with Crippen molar-refractivity contribution in [3.05, 3.63) is 50.7 Å². The molecule has 2 atom stereocenters. The summed E-state index contributed by atoms with van der Waals surface area (Å²) < 4.78 is 5.54. The molecule has 1 aromatic carbocycles. The molecule has 2 unspecified atom stereocenters. The highest BCUT2D eigenvalue weighted by molar-refractivity contribution is 5.91. The number of fused-ring (bicyclic) bond motifs is 1. The van der Waals surface area contributed by atoms with Gasteiger partial charge >= 0.3 is 11.4 Å². The largest absolute Gasteiger partial charge is 0.442 e. The first-order valence-electron chi connectivity index (χ1n) is 6.19. The molecule has 112 valence electrons. The molecule has 10 heteroatoms. The Balaban J connectivity index is 1.90. The highest BCUT2D eigenvalue weighted by atomic mass is 16.6. The van der Waals surface area contributed by atoms with E-state index in [0.29, 0.717) is 5.90 Å². The first-order valence-corrected chi connectivity index (χ1v) is 6.19. The number of nitrogens with one attached hydrogen (secondary N) is 1. The zero-order valence-corrected chi connectivity index (χ0v) is 10.9. The summed E-state index contributed by atoms with van der Waals surface area (Å²) in [6.45, 7) is 0. The van der Waals surface area contributed by atoms with Gasteiger partial charge in [-0.2, -0.15) is 0 Å². The third-order valence-corrected chi connectivity index (χ3v) is 3.17. The van der Waals surface area contributed by atoms with Crippen molar-refractivity contribution >= 4 is 23.6 Å². The fourth-order valence-electron chi connectivity index (χ4n) is 2.15. The van der Waals surface area contributed by atoms with Crippen molar-refractivity contribution in [2.45, 2.75) is 6.17 Å². The molecule has 1 N–H and O–H groups in total. The molecule has 0 aliphatic carbocycles. The van der Waals surface area contributed by atoms with E-state index >= 15 is 0 Å². The van der Waals surface area contributed by atoms with E-state index in [1.165, 1.54) is 12.4 Å². The van der Waals surface area contributed by atoms with Crippen LogP contribution in [-0.2, 0) is 0 Å². The zero-order chi connectivity index (χ0) is 15.7. The van der Waals surface area contributed by atoms with Gasteiger partial charge in [0.1, 0.15) is 18.3 Å². The SMILES string of the molecule is O=[N+]([O-])c1ccc(OC2=NC=NC3NC=CC23)cc1[N+](=O)[O-]. The van der Waals surface area contributed by atoms with Crippen LogP contribution in [0.1, 0.15) is 0 Å². The molecule has 10 nitrogen and oxygen atoms in total. The molecule has 2 aliphatic rings. The Morgan fingerprint density at radius 2 is 1.95 bits per heavy atom. The van der Waals surface area contributed by atoms with Crippen molar-refractivity contribution in [3.8, 4) is 5.75 Å². The van der Waals surface area contributed by atoms with Gasteiger partial charge in [0.15, 0.2) is 0 Å². The Labute approximate surface area is 123 Å². The highest BCUT2D eigenvalue weighted by Crippen LogP contribution is 2.31. The van der Waals surface area contributed by atoms with Crippen molar-refractivity contribution < 1.29 is 14.6 Å². The van der Waals surface area contributed by atoms with Crippen LogP contribution in [-0.4, -0.2) is 28.2 Å². The van der Waals surface area contributed by atoms with E-state index in [9.17, 15) is 20.2 Å². The summed E-state index contributed by atoms with van der Waals surface area (Å²) in [4.78, 5) is 28.2. The second-order valence-electron chi connectivity index (χ2n) is 4.50. The summed E-state index contributed by atoms with van der Waals surface area (Å²) in [5, 5.41) is 24.7. The van der Waals surface area contributed by atoms with Crippen LogP contribution in [0.25, 0.3) is 0 Å². The van der Waals surface area contributed by atoms with Gasteiger partial charge in [0.2, 0.25) is 5.90 Å². The summed E-state index contributed by atoms with van der Waals surface area (Å²) in [5.41, 5.74) is -1.23. The van der Waals surface area contributed by atoms with E-state index in [0.717, 1.165) is 12.1 Å². The van der Waals surface area contributed by atoms with Gasteiger partial charge in [0.25, 0.3) is 0 Å². The van der Waals surface area contributed by atoms with Crippen LogP contribution in [0.15, 0.2) is 40.5 Å². The number of nitro groups is 2. The van der Waals surface area contributed by atoms with E-state index in [2.05, 4.69) is 15.3 Å². The summed E-state index contributed by atoms with van der Waals surface area (Å²) in [5.74, 6) is 0.189. The zero-order valence-electron chi connectivity index (χ0n) is 10.9. The van der Waals surface area contributed by atoms with Crippen molar-refractivity contribution in [1.82, 2.24) is 5.32 Å². The summed E-state index contributed by atoms with van der Waals surface area (Å²) in [6.07, 6.45) is 4.63. The second kappa shape index (κ2) is 5.24. The highest BCUT2D eigenvalue weighted by Gasteiger charge is 2.31. The molecule has 0 aromatic heterocycles. The van der Waals surface area contributed by atoms with Crippen molar-refractivity contribution in [1.29, 1.82) is 0 Å². The fourth-order valence-corrected chi connectivity index (χ4v) is 2.15. The van der Waals surface area contributed by atoms with Crippen molar-refractivity contribution in [3.63, 3.8) is 0 Å². The summed E-state index contributed by atoms with van der Waals surface area (Å²) in [7, 11) is 0. The maximum atomic E-state index is 10.9. The smallest absolute Gasteiger partial charge is 0.349 e. The molecule has 0 spiro atoms. The normalized spacial score (nSPS) is 21.7. The van der Waals surface area contributed by atoms with E-state index in [1.54, 1.807) is 12.3 Å². The van der Waals surface area contributed by atoms with Crippen LogP contribution in [0, 0.1) is 26.1 Å². The van der Waals surface area contributed by atoms with Gasteiger partial charge in [-0.3, -0.25) is 20.2 Å². The number of ether oxygens (including phenoxy) is 1. The lowest BCUT2D eigenvalue weighted by atomic mass is 10.1. The van der Waals surface area contributed by atoms with Crippen molar-refractivity contribution in [2.75, 3.05) is 0 Å². The molecule has 0 fully saturated rings. The van der Waals surface area contributed by atoms with Gasteiger partial charge in [-0.15, -0.1) is 0 Å². The number of hydrogen-bond acceptors (Lipinski definition) is 8. The van der Waals surface area contributed by atoms with Gasteiger partial charge < -0.3 is 10.1 Å². The Bertz CT molecular complexity index is 741. The molecule has 0 amide bonds. The second-order valence-corrected chi connectivity index (χ2v) is 4.50.